The van der Waals surface area contributed by atoms with Gasteiger partial charge < -0.3 is 19.7 Å². The van der Waals surface area contributed by atoms with Crippen LogP contribution in [0.1, 0.15) is 21.5 Å². The highest BCUT2D eigenvalue weighted by molar-refractivity contribution is 6.30. The van der Waals surface area contributed by atoms with Gasteiger partial charge >= 0.3 is 0 Å². The molecular formula is C26H28ClN3O3. The predicted molar refractivity (Wildman–Crippen MR) is 131 cm³/mol. The molecule has 33 heavy (non-hydrogen) atoms. The summed E-state index contributed by atoms with van der Waals surface area (Å²) < 4.78 is 10.9. The van der Waals surface area contributed by atoms with Gasteiger partial charge in [0.25, 0.3) is 5.91 Å². The molecule has 172 valence electrons. The molecule has 2 heterocycles. The number of pyridine rings is 1. The van der Waals surface area contributed by atoms with Crippen molar-refractivity contribution in [3.63, 3.8) is 0 Å². The Hall–Kier alpha value is -3.09. The van der Waals surface area contributed by atoms with Crippen LogP contribution in [-0.4, -0.2) is 50.8 Å². The average molecular weight is 466 g/mol. The number of aromatic nitrogens is 1. The first-order valence-electron chi connectivity index (χ1n) is 11.1. The molecule has 0 atom stereocenters. The average Bonchev–Trinajstić information content (AvgIpc) is 2.84. The molecule has 1 aliphatic heterocycles. The summed E-state index contributed by atoms with van der Waals surface area (Å²) in [5, 5.41) is 3.68. The van der Waals surface area contributed by atoms with Gasteiger partial charge in [-0.3, -0.25) is 4.79 Å². The number of carbonyl (C=O) groups excluding carboxylic acids is 1. The van der Waals surface area contributed by atoms with Crippen LogP contribution in [0.15, 0.2) is 54.7 Å². The Kier molecular flexibility index (Phi) is 7.47. The molecule has 0 unspecified atom stereocenters. The molecular weight excluding hydrogens is 438 g/mol. The van der Waals surface area contributed by atoms with Crippen LogP contribution in [0.4, 0.5) is 5.82 Å². The minimum absolute atomic E-state index is 0.157. The summed E-state index contributed by atoms with van der Waals surface area (Å²) in [5.74, 6) is 1.46. The number of halogens is 1. The van der Waals surface area contributed by atoms with E-state index in [0.29, 0.717) is 36.8 Å². The monoisotopic (exact) mass is 465 g/mol. The van der Waals surface area contributed by atoms with Crippen LogP contribution in [0, 0.1) is 6.92 Å². The number of hydrogen-bond donors (Lipinski definition) is 1. The molecule has 0 radical (unpaired) electrons. The van der Waals surface area contributed by atoms with Gasteiger partial charge in [0.05, 0.1) is 25.9 Å². The first-order valence-corrected chi connectivity index (χ1v) is 11.4. The van der Waals surface area contributed by atoms with E-state index in [0.717, 1.165) is 46.9 Å². The van der Waals surface area contributed by atoms with Crippen LogP contribution >= 0.6 is 11.6 Å². The lowest BCUT2D eigenvalue weighted by molar-refractivity contribution is 0.0954. The SMILES string of the molecule is COc1ccc(Cl)cc1CCNC(=O)c1cnc(N2CCOCC2)cc1-c1ccccc1C. The molecule has 1 fully saturated rings. The van der Waals surface area contributed by atoms with Gasteiger partial charge in [-0.2, -0.15) is 0 Å². The zero-order valence-electron chi connectivity index (χ0n) is 18.9. The Bertz CT molecular complexity index is 1130. The second-order valence-electron chi connectivity index (χ2n) is 7.96. The summed E-state index contributed by atoms with van der Waals surface area (Å²) in [6.45, 7) is 5.43. The zero-order valence-corrected chi connectivity index (χ0v) is 19.7. The highest BCUT2D eigenvalue weighted by Crippen LogP contribution is 2.30. The predicted octanol–water partition coefficient (Wildman–Crippen LogP) is 4.53. The van der Waals surface area contributed by atoms with Crippen molar-refractivity contribution in [2.24, 2.45) is 0 Å². The van der Waals surface area contributed by atoms with Crippen molar-refractivity contribution in [3.8, 4) is 16.9 Å². The zero-order chi connectivity index (χ0) is 23.2. The third-order valence-corrected chi connectivity index (χ3v) is 6.06. The third kappa shape index (κ3) is 5.46. The van der Waals surface area contributed by atoms with Crippen LogP contribution in [0.5, 0.6) is 5.75 Å². The summed E-state index contributed by atoms with van der Waals surface area (Å²) >= 11 is 6.13. The number of aryl methyl sites for hydroxylation is 1. The Morgan fingerprint density at radius 3 is 2.70 bits per heavy atom. The van der Waals surface area contributed by atoms with Crippen molar-refractivity contribution in [2.75, 3.05) is 44.9 Å². The smallest absolute Gasteiger partial charge is 0.253 e. The van der Waals surface area contributed by atoms with Crippen LogP contribution in [0.2, 0.25) is 5.02 Å². The van der Waals surface area contributed by atoms with Gasteiger partial charge in [-0.25, -0.2) is 4.98 Å². The highest BCUT2D eigenvalue weighted by Gasteiger charge is 2.19. The number of amides is 1. The fraction of sp³-hybridized carbons (Fsp3) is 0.308. The largest absolute Gasteiger partial charge is 0.496 e. The van der Waals surface area contributed by atoms with E-state index >= 15 is 0 Å². The minimum Gasteiger partial charge on any atom is -0.496 e. The van der Waals surface area contributed by atoms with Gasteiger partial charge in [-0.05, 0) is 59.9 Å². The van der Waals surface area contributed by atoms with E-state index in [4.69, 9.17) is 21.1 Å². The summed E-state index contributed by atoms with van der Waals surface area (Å²) in [5.41, 5.74) is 4.51. The molecule has 6 nitrogen and oxygen atoms in total. The topological polar surface area (TPSA) is 63.7 Å². The molecule has 1 aromatic heterocycles. The molecule has 1 aliphatic rings. The van der Waals surface area contributed by atoms with Crippen molar-refractivity contribution in [1.29, 1.82) is 0 Å². The van der Waals surface area contributed by atoms with Gasteiger partial charge in [0, 0.05) is 30.9 Å². The maximum Gasteiger partial charge on any atom is 0.253 e. The molecule has 3 aromatic rings. The minimum atomic E-state index is -0.157. The lowest BCUT2D eigenvalue weighted by Crippen LogP contribution is -2.37. The third-order valence-electron chi connectivity index (χ3n) is 5.83. The number of anilines is 1. The van der Waals surface area contributed by atoms with Crippen LogP contribution in [-0.2, 0) is 11.2 Å². The van der Waals surface area contributed by atoms with Gasteiger partial charge in [0.15, 0.2) is 0 Å². The highest BCUT2D eigenvalue weighted by atomic mass is 35.5. The van der Waals surface area contributed by atoms with Gasteiger partial charge in [-0.1, -0.05) is 35.9 Å². The van der Waals surface area contributed by atoms with E-state index in [1.54, 1.807) is 19.4 Å². The second kappa shape index (κ2) is 10.7. The van der Waals surface area contributed by atoms with E-state index < -0.39 is 0 Å². The lowest BCUT2D eigenvalue weighted by Gasteiger charge is -2.28. The molecule has 1 N–H and O–H groups in total. The van der Waals surface area contributed by atoms with Crippen molar-refractivity contribution in [3.05, 3.63) is 76.4 Å². The molecule has 1 saturated heterocycles. The fourth-order valence-electron chi connectivity index (χ4n) is 4.04. The molecule has 0 spiro atoms. The molecule has 4 rings (SSSR count). The maximum absolute atomic E-state index is 13.2. The Labute approximate surface area is 199 Å². The van der Waals surface area contributed by atoms with Crippen LogP contribution in [0.3, 0.4) is 0 Å². The first kappa shape index (κ1) is 23.1. The van der Waals surface area contributed by atoms with Crippen molar-refractivity contribution in [2.45, 2.75) is 13.3 Å². The number of morpholine rings is 1. The van der Waals surface area contributed by atoms with Crippen LogP contribution < -0.4 is 15.0 Å². The van der Waals surface area contributed by atoms with E-state index in [1.165, 1.54) is 0 Å². The second-order valence-corrected chi connectivity index (χ2v) is 8.40. The van der Waals surface area contributed by atoms with Crippen molar-refractivity contribution < 1.29 is 14.3 Å². The lowest BCUT2D eigenvalue weighted by atomic mass is 9.96. The van der Waals surface area contributed by atoms with E-state index in [1.807, 2.05) is 36.4 Å². The summed E-state index contributed by atoms with van der Waals surface area (Å²) in [6.07, 6.45) is 2.29. The normalized spacial score (nSPS) is 13.6. The van der Waals surface area contributed by atoms with E-state index in [9.17, 15) is 4.79 Å². The number of carbonyl (C=O) groups is 1. The quantitative estimate of drug-likeness (QED) is 0.555. The first-order chi connectivity index (χ1) is 16.1. The molecule has 7 heteroatoms. The maximum atomic E-state index is 13.2. The number of nitrogens with one attached hydrogen (secondary N) is 1. The molecule has 0 aliphatic carbocycles. The Morgan fingerprint density at radius 2 is 1.94 bits per heavy atom. The fourth-order valence-corrected chi connectivity index (χ4v) is 4.23. The number of benzene rings is 2. The molecule has 2 aromatic carbocycles. The van der Waals surface area contributed by atoms with Gasteiger partial charge in [0.1, 0.15) is 11.6 Å². The number of ether oxygens (including phenoxy) is 2. The van der Waals surface area contributed by atoms with Crippen molar-refractivity contribution in [1.82, 2.24) is 10.3 Å². The molecule has 0 bridgehead atoms. The summed E-state index contributed by atoms with van der Waals surface area (Å²) in [6, 6.07) is 15.6. The number of hydrogen-bond acceptors (Lipinski definition) is 5. The number of nitrogens with zero attached hydrogens (tertiary/aromatic N) is 2. The van der Waals surface area contributed by atoms with Gasteiger partial charge in [-0.15, -0.1) is 0 Å². The molecule has 1 amide bonds. The van der Waals surface area contributed by atoms with E-state index in [-0.39, 0.29) is 5.91 Å². The van der Waals surface area contributed by atoms with Crippen LogP contribution in [0.25, 0.3) is 11.1 Å². The molecule has 0 saturated carbocycles. The summed E-state index contributed by atoms with van der Waals surface area (Å²) in [4.78, 5) is 20.0. The Balaban J connectivity index is 1.57. The van der Waals surface area contributed by atoms with E-state index in [2.05, 4.69) is 28.2 Å². The standard InChI is InChI=1S/C26H28ClN3O3/c1-18-5-3-4-6-21(18)22-16-25(30-11-13-33-14-12-30)29-17-23(22)26(31)28-10-9-19-15-20(27)7-8-24(19)32-2/h3-8,15-17H,9-14H2,1-2H3,(H,28,31). The van der Waals surface area contributed by atoms with Gasteiger partial charge in [0.2, 0.25) is 0 Å². The number of rotatable bonds is 7. The Morgan fingerprint density at radius 1 is 1.15 bits per heavy atom. The van der Waals surface area contributed by atoms with Crippen molar-refractivity contribution >= 4 is 23.3 Å². The summed E-state index contributed by atoms with van der Waals surface area (Å²) in [7, 11) is 1.63. The number of methoxy groups -OCH3 is 1.